The van der Waals surface area contributed by atoms with Crippen molar-refractivity contribution in [1.29, 1.82) is 0 Å². The largest absolute Gasteiger partial charge is 0.421 e. The average Bonchev–Trinajstić information content (AvgIpc) is 2.87. The van der Waals surface area contributed by atoms with Gasteiger partial charge in [-0.1, -0.05) is 20.8 Å². The molecule has 0 aliphatic heterocycles. The lowest BCUT2D eigenvalue weighted by Gasteiger charge is -2.16. The quantitative estimate of drug-likeness (QED) is 0.920. The fourth-order valence-electron chi connectivity index (χ4n) is 1.51. The van der Waals surface area contributed by atoms with Gasteiger partial charge in [-0.25, -0.2) is 0 Å². The summed E-state index contributed by atoms with van der Waals surface area (Å²) in [5.74, 6) is 0.974. The first kappa shape index (κ1) is 14.2. The van der Waals surface area contributed by atoms with Crippen LogP contribution in [0, 0.1) is 5.41 Å². The standard InChI is InChI=1S/C14H18N4O2/c1-14(2,3)13(19)16-9-6-11-17-18-12(20-11)10-4-7-15-8-5-10/h4-5,7-8H,6,9H2,1-3H3,(H,16,19). The molecule has 2 rings (SSSR count). The fourth-order valence-corrected chi connectivity index (χ4v) is 1.51. The smallest absolute Gasteiger partial charge is 0.247 e. The van der Waals surface area contributed by atoms with Crippen LogP contribution < -0.4 is 5.32 Å². The van der Waals surface area contributed by atoms with E-state index in [1.165, 1.54) is 0 Å². The summed E-state index contributed by atoms with van der Waals surface area (Å²) in [4.78, 5) is 15.6. The third-order valence-electron chi connectivity index (χ3n) is 2.70. The van der Waals surface area contributed by atoms with Crippen LogP contribution in [0.4, 0.5) is 0 Å². The normalized spacial score (nSPS) is 11.3. The van der Waals surface area contributed by atoms with Gasteiger partial charge < -0.3 is 9.73 Å². The van der Waals surface area contributed by atoms with Gasteiger partial charge in [0.15, 0.2) is 0 Å². The third kappa shape index (κ3) is 3.63. The first-order chi connectivity index (χ1) is 9.47. The Balaban J connectivity index is 1.90. The molecular weight excluding hydrogens is 256 g/mol. The highest BCUT2D eigenvalue weighted by Gasteiger charge is 2.20. The zero-order valence-electron chi connectivity index (χ0n) is 11.9. The minimum atomic E-state index is -0.392. The van der Waals surface area contributed by atoms with E-state index in [-0.39, 0.29) is 5.91 Å². The van der Waals surface area contributed by atoms with E-state index < -0.39 is 5.41 Å². The van der Waals surface area contributed by atoms with Crippen LogP contribution in [0.1, 0.15) is 26.7 Å². The van der Waals surface area contributed by atoms with Crippen molar-refractivity contribution >= 4 is 5.91 Å². The maximum absolute atomic E-state index is 11.7. The summed E-state index contributed by atoms with van der Waals surface area (Å²) in [5, 5.41) is 10.8. The molecule has 20 heavy (non-hydrogen) atoms. The summed E-state index contributed by atoms with van der Waals surface area (Å²) in [5.41, 5.74) is 0.439. The lowest BCUT2D eigenvalue weighted by Crippen LogP contribution is -2.35. The van der Waals surface area contributed by atoms with Crippen LogP contribution in [0.25, 0.3) is 11.5 Å². The summed E-state index contributed by atoms with van der Waals surface area (Å²) in [7, 11) is 0. The molecule has 0 radical (unpaired) electrons. The average molecular weight is 274 g/mol. The summed E-state index contributed by atoms with van der Waals surface area (Å²) in [6.07, 6.45) is 3.85. The van der Waals surface area contributed by atoms with Crippen LogP contribution in [0.15, 0.2) is 28.9 Å². The number of carbonyl (C=O) groups is 1. The maximum atomic E-state index is 11.7. The molecule has 2 heterocycles. The van der Waals surface area contributed by atoms with Gasteiger partial charge in [0.2, 0.25) is 17.7 Å². The Kier molecular flexibility index (Phi) is 4.12. The zero-order valence-corrected chi connectivity index (χ0v) is 11.9. The second kappa shape index (κ2) is 5.81. The fraction of sp³-hybridized carbons (Fsp3) is 0.429. The predicted octanol–water partition coefficient (Wildman–Crippen LogP) is 1.84. The van der Waals surface area contributed by atoms with Gasteiger partial charge in [-0.15, -0.1) is 10.2 Å². The molecule has 1 N–H and O–H groups in total. The van der Waals surface area contributed by atoms with E-state index in [1.807, 2.05) is 20.8 Å². The van der Waals surface area contributed by atoms with Gasteiger partial charge in [0, 0.05) is 36.3 Å². The van der Waals surface area contributed by atoms with E-state index in [0.29, 0.717) is 24.7 Å². The van der Waals surface area contributed by atoms with Crippen molar-refractivity contribution in [2.24, 2.45) is 5.41 Å². The van der Waals surface area contributed by atoms with Crippen molar-refractivity contribution in [2.75, 3.05) is 6.54 Å². The van der Waals surface area contributed by atoms with Crippen LogP contribution >= 0.6 is 0 Å². The van der Waals surface area contributed by atoms with E-state index in [4.69, 9.17) is 4.42 Å². The van der Waals surface area contributed by atoms with E-state index in [1.54, 1.807) is 24.5 Å². The van der Waals surface area contributed by atoms with Gasteiger partial charge in [-0.3, -0.25) is 9.78 Å². The molecule has 0 aromatic carbocycles. The topological polar surface area (TPSA) is 80.9 Å². The van der Waals surface area contributed by atoms with Crippen LogP contribution in [0.5, 0.6) is 0 Å². The van der Waals surface area contributed by atoms with Crippen LogP contribution in [0.2, 0.25) is 0 Å². The lowest BCUT2D eigenvalue weighted by molar-refractivity contribution is -0.128. The minimum Gasteiger partial charge on any atom is -0.421 e. The molecule has 0 aliphatic carbocycles. The predicted molar refractivity (Wildman–Crippen MR) is 73.7 cm³/mol. The molecule has 0 fully saturated rings. The van der Waals surface area contributed by atoms with Crippen LogP contribution in [-0.4, -0.2) is 27.6 Å². The summed E-state index contributed by atoms with van der Waals surface area (Å²) < 4.78 is 5.54. The second-order valence-electron chi connectivity index (χ2n) is 5.49. The summed E-state index contributed by atoms with van der Waals surface area (Å²) in [6, 6.07) is 3.61. The number of amides is 1. The number of hydrogen-bond donors (Lipinski definition) is 1. The molecule has 0 aliphatic rings. The molecule has 0 spiro atoms. The first-order valence-corrected chi connectivity index (χ1v) is 6.48. The molecule has 0 unspecified atom stereocenters. The number of nitrogens with zero attached hydrogens (tertiary/aromatic N) is 3. The van der Waals surface area contributed by atoms with Crippen LogP contribution in [0.3, 0.4) is 0 Å². The minimum absolute atomic E-state index is 0.00590. The molecule has 2 aromatic heterocycles. The van der Waals surface area contributed by atoms with Gasteiger partial charge in [-0.05, 0) is 12.1 Å². The Morgan fingerprint density at radius 2 is 1.95 bits per heavy atom. The number of aromatic nitrogens is 3. The molecule has 0 atom stereocenters. The molecule has 1 amide bonds. The molecule has 0 bridgehead atoms. The van der Waals surface area contributed by atoms with Crippen molar-refractivity contribution in [3.8, 4) is 11.5 Å². The van der Waals surface area contributed by atoms with E-state index in [9.17, 15) is 4.79 Å². The van der Waals surface area contributed by atoms with Gasteiger partial charge in [0.1, 0.15) is 0 Å². The maximum Gasteiger partial charge on any atom is 0.247 e. The molecule has 6 nitrogen and oxygen atoms in total. The third-order valence-corrected chi connectivity index (χ3v) is 2.70. The van der Waals surface area contributed by atoms with Gasteiger partial charge >= 0.3 is 0 Å². The van der Waals surface area contributed by atoms with Crippen molar-refractivity contribution in [3.05, 3.63) is 30.4 Å². The van der Waals surface area contributed by atoms with Crippen molar-refractivity contribution in [2.45, 2.75) is 27.2 Å². The molecule has 106 valence electrons. The first-order valence-electron chi connectivity index (χ1n) is 6.48. The molecule has 0 saturated heterocycles. The monoisotopic (exact) mass is 274 g/mol. The SMILES string of the molecule is CC(C)(C)C(=O)NCCc1nnc(-c2ccncc2)o1. The van der Waals surface area contributed by atoms with E-state index in [2.05, 4.69) is 20.5 Å². The zero-order chi connectivity index (χ0) is 14.6. The second-order valence-corrected chi connectivity index (χ2v) is 5.49. The Morgan fingerprint density at radius 1 is 1.25 bits per heavy atom. The molecule has 2 aromatic rings. The van der Waals surface area contributed by atoms with E-state index in [0.717, 1.165) is 5.56 Å². The Morgan fingerprint density at radius 3 is 2.60 bits per heavy atom. The van der Waals surface area contributed by atoms with Gasteiger partial charge in [0.25, 0.3) is 0 Å². The number of hydrogen-bond acceptors (Lipinski definition) is 5. The number of nitrogens with one attached hydrogen (secondary N) is 1. The Bertz CT molecular complexity index is 572. The lowest BCUT2D eigenvalue weighted by atomic mass is 9.96. The van der Waals surface area contributed by atoms with E-state index >= 15 is 0 Å². The van der Waals surface area contributed by atoms with Crippen molar-refractivity contribution in [1.82, 2.24) is 20.5 Å². The summed E-state index contributed by atoms with van der Waals surface area (Å²) >= 11 is 0. The van der Waals surface area contributed by atoms with Crippen molar-refractivity contribution < 1.29 is 9.21 Å². The van der Waals surface area contributed by atoms with Crippen LogP contribution in [-0.2, 0) is 11.2 Å². The van der Waals surface area contributed by atoms with Gasteiger partial charge in [-0.2, -0.15) is 0 Å². The van der Waals surface area contributed by atoms with Gasteiger partial charge in [0.05, 0.1) is 0 Å². The number of pyridine rings is 1. The number of carbonyl (C=O) groups excluding carboxylic acids is 1. The number of rotatable bonds is 4. The Hall–Kier alpha value is -2.24. The molecule has 0 saturated carbocycles. The van der Waals surface area contributed by atoms with Crippen molar-refractivity contribution in [3.63, 3.8) is 0 Å². The summed E-state index contributed by atoms with van der Waals surface area (Å²) in [6.45, 7) is 6.10. The highest BCUT2D eigenvalue weighted by molar-refractivity contribution is 5.81. The highest BCUT2D eigenvalue weighted by atomic mass is 16.4. The molecular formula is C14H18N4O2. The Labute approximate surface area is 117 Å². The highest BCUT2D eigenvalue weighted by Crippen LogP contribution is 2.16. The molecule has 6 heteroatoms.